The summed E-state index contributed by atoms with van der Waals surface area (Å²) in [6.07, 6.45) is 0. The first-order valence-electron chi connectivity index (χ1n) is 5.59. The highest BCUT2D eigenvalue weighted by Crippen LogP contribution is 2.15. The third kappa shape index (κ3) is 3.49. The third-order valence-corrected chi connectivity index (χ3v) is 4.10. The molecule has 0 aliphatic rings. The molecule has 0 amide bonds. The van der Waals surface area contributed by atoms with Crippen LogP contribution in [0.3, 0.4) is 0 Å². The molecule has 20 heavy (non-hydrogen) atoms. The van der Waals surface area contributed by atoms with E-state index < -0.39 is 22.4 Å². The van der Waals surface area contributed by atoms with Crippen molar-refractivity contribution in [1.82, 2.24) is 0 Å². The van der Waals surface area contributed by atoms with Gasteiger partial charge in [0.1, 0.15) is 0 Å². The molecule has 6 heteroatoms. The van der Waals surface area contributed by atoms with Gasteiger partial charge in [0.25, 0.3) is 0 Å². The maximum absolute atomic E-state index is 13.0. The Labute approximate surface area is 121 Å². The molecule has 0 radical (unpaired) electrons. The first-order valence-corrected chi connectivity index (χ1v) is 7.29. The highest BCUT2D eigenvalue weighted by atomic mass is 35.5. The number of carbonyl (C=O) groups excluding carboxylic acids is 1. The minimum absolute atomic E-state index is 0.0688. The predicted molar refractivity (Wildman–Crippen MR) is 73.4 cm³/mol. The summed E-state index contributed by atoms with van der Waals surface area (Å²) in [5.74, 6) is -2.81. The average Bonchev–Trinajstić information content (AvgIpc) is 2.41. The van der Waals surface area contributed by atoms with E-state index in [1.807, 2.05) is 0 Å². The zero-order valence-electron chi connectivity index (χ0n) is 10.1. The molecular formula is C14H9ClF2O2S. The van der Waals surface area contributed by atoms with Gasteiger partial charge in [-0.2, -0.15) is 0 Å². The maximum atomic E-state index is 13.0. The number of ketones is 1. The Morgan fingerprint density at radius 3 is 2.50 bits per heavy atom. The van der Waals surface area contributed by atoms with Gasteiger partial charge in [-0.15, -0.1) is 0 Å². The van der Waals surface area contributed by atoms with E-state index in [1.165, 1.54) is 12.1 Å². The van der Waals surface area contributed by atoms with Crippen molar-refractivity contribution in [2.75, 3.05) is 5.75 Å². The maximum Gasteiger partial charge on any atom is 0.175 e. The van der Waals surface area contributed by atoms with Crippen LogP contribution in [0.25, 0.3) is 0 Å². The van der Waals surface area contributed by atoms with Crippen LogP contribution < -0.4 is 0 Å². The summed E-state index contributed by atoms with van der Waals surface area (Å²) in [5, 5.41) is 0.398. The molecule has 1 unspecified atom stereocenters. The van der Waals surface area contributed by atoms with E-state index in [9.17, 15) is 17.8 Å². The molecule has 104 valence electrons. The van der Waals surface area contributed by atoms with Crippen molar-refractivity contribution >= 4 is 28.2 Å². The topological polar surface area (TPSA) is 34.1 Å². The molecule has 0 spiro atoms. The molecule has 0 fully saturated rings. The highest BCUT2D eigenvalue weighted by Gasteiger charge is 2.14. The van der Waals surface area contributed by atoms with Gasteiger partial charge in [0, 0.05) is 15.5 Å². The van der Waals surface area contributed by atoms with Crippen molar-refractivity contribution in [1.29, 1.82) is 0 Å². The van der Waals surface area contributed by atoms with E-state index >= 15 is 0 Å². The van der Waals surface area contributed by atoms with Crippen molar-refractivity contribution < 1.29 is 17.8 Å². The van der Waals surface area contributed by atoms with Crippen LogP contribution in [0.4, 0.5) is 8.78 Å². The van der Waals surface area contributed by atoms with Gasteiger partial charge < -0.3 is 0 Å². The minimum atomic E-state index is -1.74. The summed E-state index contributed by atoms with van der Waals surface area (Å²) < 4.78 is 37.8. The van der Waals surface area contributed by atoms with Crippen molar-refractivity contribution in [2.24, 2.45) is 0 Å². The minimum Gasteiger partial charge on any atom is -0.293 e. The number of Topliss-reactive ketones (excluding diaryl/α,β-unsaturated/α-hetero) is 1. The van der Waals surface area contributed by atoms with Gasteiger partial charge in [-0.05, 0) is 30.3 Å². The lowest BCUT2D eigenvalue weighted by Gasteiger charge is -2.03. The SMILES string of the molecule is O=C(CS(=O)c1ccc(F)c(F)c1)c1cccc(Cl)c1. The molecule has 0 bridgehead atoms. The fraction of sp³-hybridized carbons (Fsp3) is 0.0714. The molecular weight excluding hydrogens is 306 g/mol. The Hall–Kier alpha value is -1.59. The first kappa shape index (κ1) is 14.8. The Kier molecular flexibility index (Phi) is 4.62. The predicted octanol–water partition coefficient (Wildman–Crippen LogP) is 3.61. The second kappa shape index (κ2) is 6.24. The molecule has 1 atom stereocenters. The van der Waals surface area contributed by atoms with Crippen molar-refractivity contribution in [3.05, 3.63) is 64.7 Å². The lowest BCUT2D eigenvalue weighted by Crippen LogP contribution is -2.11. The average molecular weight is 315 g/mol. The number of halogens is 3. The van der Waals surface area contributed by atoms with E-state index in [-0.39, 0.29) is 16.4 Å². The van der Waals surface area contributed by atoms with Gasteiger partial charge in [0.15, 0.2) is 17.4 Å². The van der Waals surface area contributed by atoms with E-state index in [4.69, 9.17) is 11.6 Å². The fourth-order valence-corrected chi connectivity index (χ4v) is 2.78. The molecule has 2 nitrogen and oxygen atoms in total. The molecule has 0 saturated heterocycles. The van der Waals surface area contributed by atoms with Gasteiger partial charge in [0.05, 0.1) is 16.6 Å². The van der Waals surface area contributed by atoms with Crippen LogP contribution in [-0.2, 0) is 10.8 Å². The number of rotatable bonds is 4. The van der Waals surface area contributed by atoms with Crippen LogP contribution in [0.15, 0.2) is 47.4 Å². The summed E-state index contributed by atoms with van der Waals surface area (Å²) in [5.41, 5.74) is 0.327. The van der Waals surface area contributed by atoms with Crippen LogP contribution >= 0.6 is 11.6 Å². The Morgan fingerprint density at radius 1 is 1.10 bits per heavy atom. The number of benzene rings is 2. The second-order valence-corrected chi connectivity index (χ2v) is 5.89. The summed E-state index contributed by atoms with van der Waals surface area (Å²) in [6.45, 7) is 0. The number of hydrogen-bond donors (Lipinski definition) is 0. The largest absolute Gasteiger partial charge is 0.293 e. The lowest BCUT2D eigenvalue weighted by atomic mass is 10.1. The molecule has 0 aromatic heterocycles. The van der Waals surface area contributed by atoms with Gasteiger partial charge in [-0.25, -0.2) is 8.78 Å². The van der Waals surface area contributed by atoms with Crippen LogP contribution in [-0.4, -0.2) is 15.7 Å². The van der Waals surface area contributed by atoms with E-state index in [0.29, 0.717) is 10.6 Å². The van der Waals surface area contributed by atoms with Gasteiger partial charge >= 0.3 is 0 Å². The van der Waals surface area contributed by atoms with Crippen LogP contribution in [0.2, 0.25) is 5.02 Å². The first-order chi connectivity index (χ1) is 9.47. The summed E-state index contributed by atoms with van der Waals surface area (Å²) in [4.78, 5) is 12.0. The standard InChI is InChI=1S/C14H9ClF2O2S/c15-10-3-1-2-9(6-10)14(18)8-20(19)11-4-5-12(16)13(17)7-11/h1-7H,8H2. The van der Waals surface area contributed by atoms with Gasteiger partial charge in [0.2, 0.25) is 0 Å². The number of carbonyl (C=O) groups is 1. The smallest absolute Gasteiger partial charge is 0.175 e. The molecule has 0 heterocycles. The molecule has 0 aliphatic heterocycles. The van der Waals surface area contributed by atoms with Crippen molar-refractivity contribution in [3.63, 3.8) is 0 Å². The number of hydrogen-bond acceptors (Lipinski definition) is 2. The zero-order chi connectivity index (χ0) is 14.7. The molecule has 2 aromatic rings. The Morgan fingerprint density at radius 2 is 1.85 bits per heavy atom. The molecule has 2 aromatic carbocycles. The van der Waals surface area contributed by atoms with Gasteiger partial charge in [-0.1, -0.05) is 23.7 Å². The summed E-state index contributed by atoms with van der Waals surface area (Å²) >= 11 is 5.76. The van der Waals surface area contributed by atoms with Crippen molar-refractivity contribution in [3.8, 4) is 0 Å². The lowest BCUT2D eigenvalue weighted by molar-refractivity contribution is 0.102. The molecule has 0 N–H and O–H groups in total. The highest BCUT2D eigenvalue weighted by molar-refractivity contribution is 7.85. The Bertz CT molecular complexity index is 689. The van der Waals surface area contributed by atoms with E-state index in [1.54, 1.807) is 18.2 Å². The second-order valence-electron chi connectivity index (χ2n) is 4.00. The fourth-order valence-electron chi connectivity index (χ4n) is 1.57. The molecule has 0 saturated carbocycles. The monoisotopic (exact) mass is 314 g/mol. The van der Waals surface area contributed by atoms with Crippen LogP contribution in [0, 0.1) is 11.6 Å². The zero-order valence-corrected chi connectivity index (χ0v) is 11.7. The van der Waals surface area contributed by atoms with E-state index in [0.717, 1.165) is 12.1 Å². The van der Waals surface area contributed by atoms with Crippen molar-refractivity contribution in [2.45, 2.75) is 4.90 Å². The normalized spacial score (nSPS) is 12.2. The third-order valence-electron chi connectivity index (χ3n) is 2.56. The Balaban J connectivity index is 2.15. The quantitative estimate of drug-likeness (QED) is 0.808. The van der Waals surface area contributed by atoms with E-state index in [2.05, 4.69) is 0 Å². The summed E-state index contributed by atoms with van der Waals surface area (Å²) in [6, 6.07) is 9.15. The van der Waals surface area contributed by atoms with Gasteiger partial charge in [-0.3, -0.25) is 9.00 Å². The van der Waals surface area contributed by atoms with Crippen LogP contribution in [0.1, 0.15) is 10.4 Å². The molecule has 0 aliphatic carbocycles. The summed E-state index contributed by atoms with van der Waals surface area (Å²) in [7, 11) is -1.74. The van der Waals surface area contributed by atoms with Crippen LogP contribution in [0.5, 0.6) is 0 Å². The molecule has 2 rings (SSSR count).